The number of nitrogens with one attached hydrogen (secondary N) is 1. The smallest absolute Gasteiger partial charge is 0.317 e. The molecule has 0 unspecified atom stereocenters. The van der Waals surface area contributed by atoms with Crippen molar-refractivity contribution >= 4 is 6.03 Å². The van der Waals surface area contributed by atoms with Crippen LogP contribution in [0.2, 0.25) is 0 Å². The average molecular weight is 342 g/mol. The number of carbonyl (C=O) groups excluding carboxylic acids is 1. The van der Waals surface area contributed by atoms with E-state index >= 15 is 0 Å². The number of hydrogen-bond donors (Lipinski definition) is 1. The number of carbonyl (C=O) groups is 1. The molecule has 1 aliphatic rings. The van der Waals surface area contributed by atoms with Crippen molar-refractivity contribution in [2.24, 2.45) is 0 Å². The summed E-state index contributed by atoms with van der Waals surface area (Å²) in [5.41, 5.74) is 4.47. The van der Waals surface area contributed by atoms with Gasteiger partial charge in [0, 0.05) is 44.8 Å². The highest BCUT2D eigenvalue weighted by atomic mass is 16.5. The molecule has 1 saturated heterocycles. The van der Waals surface area contributed by atoms with Crippen LogP contribution in [0.1, 0.15) is 28.1 Å². The Labute approximate surface area is 148 Å². The van der Waals surface area contributed by atoms with Gasteiger partial charge in [0.1, 0.15) is 5.76 Å². The Morgan fingerprint density at radius 3 is 2.40 bits per heavy atom. The molecule has 0 bridgehead atoms. The van der Waals surface area contributed by atoms with E-state index in [2.05, 4.69) is 46.6 Å². The van der Waals surface area contributed by atoms with Gasteiger partial charge < -0.3 is 14.7 Å². The summed E-state index contributed by atoms with van der Waals surface area (Å²) in [5.74, 6) is 0.885. The number of rotatable bonds is 4. The molecule has 0 radical (unpaired) electrons. The molecule has 0 atom stereocenters. The van der Waals surface area contributed by atoms with Gasteiger partial charge in [-0.15, -0.1) is 0 Å². The molecule has 0 aliphatic carbocycles. The molecule has 1 aliphatic heterocycles. The van der Waals surface area contributed by atoms with E-state index in [0.29, 0.717) is 6.54 Å². The van der Waals surface area contributed by atoms with E-state index in [9.17, 15) is 4.79 Å². The van der Waals surface area contributed by atoms with Crippen LogP contribution in [0.3, 0.4) is 0 Å². The Kier molecular flexibility index (Phi) is 5.38. The van der Waals surface area contributed by atoms with E-state index in [4.69, 9.17) is 4.52 Å². The van der Waals surface area contributed by atoms with Crippen LogP contribution < -0.4 is 5.32 Å². The first-order valence-corrected chi connectivity index (χ1v) is 8.75. The average Bonchev–Trinajstić information content (AvgIpc) is 2.93. The highest BCUT2D eigenvalue weighted by Crippen LogP contribution is 2.16. The molecule has 0 spiro atoms. The SMILES string of the molecule is Cc1ccc(CNC(=O)N2CCN(Cc3c(C)noc3C)CC2)cc1. The van der Waals surface area contributed by atoms with Gasteiger partial charge in [0.15, 0.2) is 0 Å². The Bertz CT molecular complexity index is 696. The van der Waals surface area contributed by atoms with Crippen LogP contribution in [-0.2, 0) is 13.1 Å². The van der Waals surface area contributed by atoms with E-state index in [1.165, 1.54) is 5.56 Å². The third-order valence-electron chi connectivity index (χ3n) is 4.79. The molecule has 1 fully saturated rings. The molecule has 6 heteroatoms. The molecule has 2 heterocycles. The zero-order valence-corrected chi connectivity index (χ0v) is 15.2. The van der Waals surface area contributed by atoms with Crippen molar-refractivity contribution in [1.82, 2.24) is 20.3 Å². The highest BCUT2D eigenvalue weighted by molar-refractivity contribution is 5.74. The summed E-state index contributed by atoms with van der Waals surface area (Å²) < 4.78 is 5.23. The quantitative estimate of drug-likeness (QED) is 0.928. The summed E-state index contributed by atoms with van der Waals surface area (Å²) in [7, 11) is 0. The molecule has 1 aromatic heterocycles. The number of urea groups is 1. The Hall–Kier alpha value is -2.34. The van der Waals surface area contributed by atoms with Gasteiger partial charge in [-0.3, -0.25) is 4.90 Å². The third-order valence-corrected chi connectivity index (χ3v) is 4.79. The predicted octanol–water partition coefficient (Wildman–Crippen LogP) is 2.63. The molecule has 1 aromatic carbocycles. The highest BCUT2D eigenvalue weighted by Gasteiger charge is 2.22. The Morgan fingerprint density at radius 2 is 1.80 bits per heavy atom. The van der Waals surface area contributed by atoms with Crippen LogP contribution in [0.15, 0.2) is 28.8 Å². The number of aryl methyl sites for hydroxylation is 3. The van der Waals surface area contributed by atoms with Crippen molar-refractivity contribution < 1.29 is 9.32 Å². The first kappa shape index (κ1) is 17.5. The van der Waals surface area contributed by atoms with Gasteiger partial charge >= 0.3 is 6.03 Å². The van der Waals surface area contributed by atoms with Crippen molar-refractivity contribution in [3.63, 3.8) is 0 Å². The number of hydrogen-bond acceptors (Lipinski definition) is 4. The van der Waals surface area contributed by atoms with E-state index < -0.39 is 0 Å². The van der Waals surface area contributed by atoms with Gasteiger partial charge in [0.25, 0.3) is 0 Å². The summed E-state index contributed by atoms with van der Waals surface area (Å²) >= 11 is 0. The van der Waals surface area contributed by atoms with Crippen LogP contribution in [0.25, 0.3) is 0 Å². The molecule has 25 heavy (non-hydrogen) atoms. The fourth-order valence-electron chi connectivity index (χ4n) is 3.06. The summed E-state index contributed by atoms with van der Waals surface area (Å²) in [6, 6.07) is 8.25. The van der Waals surface area contributed by atoms with Crippen LogP contribution in [0.5, 0.6) is 0 Å². The van der Waals surface area contributed by atoms with Crippen molar-refractivity contribution in [2.75, 3.05) is 26.2 Å². The van der Waals surface area contributed by atoms with Gasteiger partial charge in [-0.1, -0.05) is 35.0 Å². The van der Waals surface area contributed by atoms with Gasteiger partial charge in [-0.25, -0.2) is 4.79 Å². The van der Waals surface area contributed by atoms with Gasteiger partial charge in [-0.2, -0.15) is 0 Å². The summed E-state index contributed by atoms with van der Waals surface area (Å²) in [6.45, 7) is 10.6. The van der Waals surface area contributed by atoms with Crippen LogP contribution in [0.4, 0.5) is 4.79 Å². The maximum atomic E-state index is 12.3. The molecule has 6 nitrogen and oxygen atoms in total. The van der Waals surface area contributed by atoms with E-state index in [0.717, 1.165) is 55.3 Å². The zero-order chi connectivity index (χ0) is 17.8. The molecule has 2 amide bonds. The van der Waals surface area contributed by atoms with Crippen LogP contribution in [0, 0.1) is 20.8 Å². The van der Waals surface area contributed by atoms with E-state index in [-0.39, 0.29) is 6.03 Å². The van der Waals surface area contributed by atoms with Crippen LogP contribution >= 0.6 is 0 Å². The largest absolute Gasteiger partial charge is 0.361 e. The van der Waals surface area contributed by atoms with Crippen molar-refractivity contribution in [1.29, 1.82) is 0 Å². The van der Waals surface area contributed by atoms with Crippen molar-refractivity contribution in [2.45, 2.75) is 33.9 Å². The molecular weight excluding hydrogens is 316 g/mol. The first-order chi connectivity index (χ1) is 12.0. The first-order valence-electron chi connectivity index (χ1n) is 8.75. The normalized spacial score (nSPS) is 15.4. The minimum Gasteiger partial charge on any atom is -0.361 e. The van der Waals surface area contributed by atoms with E-state index in [1.54, 1.807) is 0 Å². The lowest BCUT2D eigenvalue weighted by molar-refractivity contribution is 0.134. The van der Waals surface area contributed by atoms with Crippen LogP contribution in [-0.4, -0.2) is 47.2 Å². The fourth-order valence-corrected chi connectivity index (χ4v) is 3.06. The number of benzene rings is 1. The van der Waals surface area contributed by atoms with Gasteiger partial charge in [0.05, 0.1) is 5.69 Å². The lowest BCUT2D eigenvalue weighted by Crippen LogP contribution is -2.51. The molecular formula is C19H26N4O2. The summed E-state index contributed by atoms with van der Waals surface area (Å²) in [6.07, 6.45) is 0. The number of aromatic nitrogens is 1. The summed E-state index contributed by atoms with van der Waals surface area (Å²) in [5, 5.41) is 7.02. The monoisotopic (exact) mass is 342 g/mol. The zero-order valence-electron chi connectivity index (χ0n) is 15.2. The minimum atomic E-state index is 0.0116. The number of nitrogens with zero attached hydrogens (tertiary/aromatic N) is 3. The molecule has 2 aromatic rings. The van der Waals surface area contributed by atoms with Crippen molar-refractivity contribution in [3.8, 4) is 0 Å². The van der Waals surface area contributed by atoms with Gasteiger partial charge in [0.2, 0.25) is 0 Å². The Morgan fingerprint density at radius 1 is 1.12 bits per heavy atom. The number of amides is 2. The van der Waals surface area contributed by atoms with E-state index in [1.807, 2.05) is 18.7 Å². The number of piperazine rings is 1. The fraction of sp³-hybridized carbons (Fsp3) is 0.474. The molecule has 1 N–H and O–H groups in total. The lowest BCUT2D eigenvalue weighted by Gasteiger charge is -2.34. The Balaban J connectivity index is 1.45. The second-order valence-corrected chi connectivity index (χ2v) is 6.71. The predicted molar refractivity (Wildman–Crippen MR) is 96.2 cm³/mol. The molecule has 3 rings (SSSR count). The molecule has 134 valence electrons. The lowest BCUT2D eigenvalue weighted by atomic mass is 10.1. The third kappa shape index (κ3) is 4.39. The minimum absolute atomic E-state index is 0.0116. The van der Waals surface area contributed by atoms with Gasteiger partial charge in [-0.05, 0) is 26.3 Å². The maximum absolute atomic E-state index is 12.3. The topological polar surface area (TPSA) is 61.6 Å². The maximum Gasteiger partial charge on any atom is 0.317 e. The second kappa shape index (κ2) is 7.70. The summed E-state index contributed by atoms with van der Waals surface area (Å²) in [4.78, 5) is 16.6. The second-order valence-electron chi connectivity index (χ2n) is 6.71. The standard InChI is InChI=1S/C19H26N4O2/c1-14-4-6-17(7-5-14)12-20-19(24)23-10-8-22(9-11-23)13-18-15(2)21-25-16(18)3/h4-7H,8-13H2,1-3H3,(H,20,24). The van der Waals surface area contributed by atoms with Crippen molar-refractivity contribution in [3.05, 3.63) is 52.4 Å². The molecule has 0 saturated carbocycles.